The molecule has 0 saturated carbocycles. The van der Waals surface area contributed by atoms with Crippen molar-refractivity contribution in [2.45, 2.75) is 39.3 Å². The van der Waals surface area contributed by atoms with Gasteiger partial charge in [-0.25, -0.2) is 4.98 Å². The van der Waals surface area contributed by atoms with Gasteiger partial charge in [0.25, 0.3) is 0 Å². The lowest BCUT2D eigenvalue weighted by molar-refractivity contribution is 0.586. The third kappa shape index (κ3) is 2.22. The Balaban J connectivity index is 1.82. The highest BCUT2D eigenvalue weighted by Crippen LogP contribution is 2.26. The zero-order chi connectivity index (χ0) is 12.5. The monoisotopic (exact) mass is 261 g/mol. The Kier molecular flexibility index (Phi) is 3.22. The maximum Gasteiger partial charge on any atom is 0.0952 e. The standard InChI is InChI=1S/C14H19N3S/c1-10-6-12(18-11(10)2)8-17-9-15-7-14(17)13-4-3-5-16-13/h6-7,9,13,16H,3-5,8H2,1-2H3/t13-/m0/s1. The first-order valence-electron chi connectivity index (χ1n) is 6.53. The van der Waals surface area contributed by atoms with Gasteiger partial charge in [-0.1, -0.05) is 0 Å². The van der Waals surface area contributed by atoms with E-state index in [4.69, 9.17) is 0 Å². The molecule has 0 radical (unpaired) electrons. The molecular weight excluding hydrogens is 242 g/mol. The molecule has 1 atom stereocenters. The zero-order valence-electron chi connectivity index (χ0n) is 10.9. The van der Waals surface area contributed by atoms with E-state index in [0.717, 1.165) is 13.1 Å². The third-order valence-corrected chi connectivity index (χ3v) is 4.84. The van der Waals surface area contributed by atoms with Gasteiger partial charge in [0.2, 0.25) is 0 Å². The summed E-state index contributed by atoms with van der Waals surface area (Å²) in [6, 6.07) is 2.79. The van der Waals surface area contributed by atoms with Crippen LogP contribution in [0.4, 0.5) is 0 Å². The SMILES string of the molecule is Cc1cc(Cn2cncc2[C@@H]2CCCN2)sc1C. The summed E-state index contributed by atoms with van der Waals surface area (Å²) in [5.41, 5.74) is 2.73. The second-order valence-electron chi connectivity index (χ2n) is 5.05. The lowest BCUT2D eigenvalue weighted by atomic mass is 10.2. The summed E-state index contributed by atoms with van der Waals surface area (Å²) < 4.78 is 2.29. The Morgan fingerprint density at radius 3 is 3.06 bits per heavy atom. The van der Waals surface area contributed by atoms with Gasteiger partial charge in [-0.05, 0) is 44.9 Å². The minimum atomic E-state index is 0.495. The molecule has 18 heavy (non-hydrogen) atoms. The number of aromatic nitrogens is 2. The van der Waals surface area contributed by atoms with Crippen molar-refractivity contribution >= 4 is 11.3 Å². The zero-order valence-corrected chi connectivity index (χ0v) is 11.8. The molecule has 3 heterocycles. The van der Waals surface area contributed by atoms with Gasteiger partial charge in [0.15, 0.2) is 0 Å². The van der Waals surface area contributed by atoms with Crippen molar-refractivity contribution in [3.63, 3.8) is 0 Å². The van der Waals surface area contributed by atoms with E-state index in [-0.39, 0.29) is 0 Å². The van der Waals surface area contributed by atoms with Crippen LogP contribution in [0.15, 0.2) is 18.6 Å². The summed E-state index contributed by atoms with van der Waals surface area (Å²) in [6.45, 7) is 6.46. The van der Waals surface area contributed by atoms with Crippen LogP contribution in [-0.4, -0.2) is 16.1 Å². The molecule has 1 fully saturated rings. The van der Waals surface area contributed by atoms with Crippen LogP contribution in [0.3, 0.4) is 0 Å². The van der Waals surface area contributed by atoms with Crippen molar-refractivity contribution in [3.8, 4) is 0 Å². The molecular formula is C14H19N3S. The van der Waals surface area contributed by atoms with E-state index in [1.165, 1.54) is 33.9 Å². The summed E-state index contributed by atoms with van der Waals surface area (Å²) in [5, 5.41) is 3.54. The van der Waals surface area contributed by atoms with Crippen LogP contribution in [-0.2, 0) is 6.54 Å². The Hall–Kier alpha value is -1.13. The molecule has 2 aromatic rings. The molecule has 0 aromatic carbocycles. The van der Waals surface area contributed by atoms with Crippen LogP contribution in [0.1, 0.15) is 39.9 Å². The third-order valence-electron chi connectivity index (χ3n) is 3.71. The van der Waals surface area contributed by atoms with Crippen LogP contribution >= 0.6 is 11.3 Å². The van der Waals surface area contributed by atoms with Gasteiger partial charge in [-0.2, -0.15) is 0 Å². The van der Waals surface area contributed by atoms with E-state index in [9.17, 15) is 0 Å². The van der Waals surface area contributed by atoms with Crippen molar-refractivity contribution in [2.24, 2.45) is 0 Å². The summed E-state index contributed by atoms with van der Waals surface area (Å²) in [6.07, 6.45) is 6.47. The Labute approximate surface area is 112 Å². The summed E-state index contributed by atoms with van der Waals surface area (Å²) >= 11 is 1.89. The van der Waals surface area contributed by atoms with Crippen LogP contribution in [0.25, 0.3) is 0 Å². The number of nitrogens with one attached hydrogen (secondary N) is 1. The Morgan fingerprint density at radius 2 is 2.39 bits per heavy atom. The number of imidazole rings is 1. The van der Waals surface area contributed by atoms with Gasteiger partial charge < -0.3 is 9.88 Å². The molecule has 1 N–H and O–H groups in total. The molecule has 4 heteroatoms. The average Bonchev–Trinajstić information content (AvgIpc) is 3.01. The number of rotatable bonds is 3. The number of nitrogens with zero attached hydrogens (tertiary/aromatic N) is 2. The highest BCUT2D eigenvalue weighted by molar-refractivity contribution is 7.12. The molecule has 0 spiro atoms. The van der Waals surface area contributed by atoms with E-state index in [1.807, 2.05) is 23.9 Å². The topological polar surface area (TPSA) is 29.9 Å². The molecule has 96 valence electrons. The fourth-order valence-corrected chi connectivity index (χ4v) is 3.64. The van der Waals surface area contributed by atoms with Crippen molar-refractivity contribution in [3.05, 3.63) is 39.6 Å². The molecule has 1 aliphatic heterocycles. The van der Waals surface area contributed by atoms with Gasteiger partial charge in [0, 0.05) is 22.0 Å². The lowest BCUT2D eigenvalue weighted by Gasteiger charge is -2.13. The van der Waals surface area contributed by atoms with Crippen molar-refractivity contribution in [1.82, 2.24) is 14.9 Å². The molecule has 3 nitrogen and oxygen atoms in total. The van der Waals surface area contributed by atoms with Gasteiger partial charge >= 0.3 is 0 Å². The number of hydrogen-bond acceptors (Lipinski definition) is 3. The van der Waals surface area contributed by atoms with Gasteiger partial charge in [-0.3, -0.25) is 0 Å². The van der Waals surface area contributed by atoms with Crippen LogP contribution in [0.5, 0.6) is 0 Å². The van der Waals surface area contributed by atoms with Gasteiger partial charge in [0.05, 0.1) is 18.6 Å². The van der Waals surface area contributed by atoms with Crippen molar-refractivity contribution in [2.75, 3.05) is 6.54 Å². The van der Waals surface area contributed by atoms with Crippen molar-refractivity contribution < 1.29 is 0 Å². The summed E-state index contributed by atoms with van der Waals surface area (Å²) in [7, 11) is 0. The molecule has 1 aliphatic rings. The molecule has 0 amide bonds. The van der Waals surface area contributed by atoms with Crippen LogP contribution in [0, 0.1) is 13.8 Å². The van der Waals surface area contributed by atoms with E-state index in [0.29, 0.717) is 6.04 Å². The molecule has 0 bridgehead atoms. The predicted molar refractivity (Wildman–Crippen MR) is 75.1 cm³/mol. The second-order valence-corrected chi connectivity index (χ2v) is 6.39. The first-order valence-corrected chi connectivity index (χ1v) is 7.35. The highest BCUT2D eigenvalue weighted by Gasteiger charge is 2.19. The minimum absolute atomic E-state index is 0.495. The Bertz CT molecular complexity index is 515. The first kappa shape index (κ1) is 11.9. The lowest BCUT2D eigenvalue weighted by Crippen LogP contribution is -2.16. The normalized spacial score (nSPS) is 19.6. The number of hydrogen-bond donors (Lipinski definition) is 1. The van der Waals surface area contributed by atoms with E-state index < -0.39 is 0 Å². The van der Waals surface area contributed by atoms with Crippen molar-refractivity contribution in [1.29, 1.82) is 0 Å². The molecule has 2 aromatic heterocycles. The molecule has 0 aliphatic carbocycles. The smallest absolute Gasteiger partial charge is 0.0952 e. The Morgan fingerprint density at radius 1 is 1.50 bits per heavy atom. The summed E-state index contributed by atoms with van der Waals surface area (Å²) in [4.78, 5) is 7.16. The largest absolute Gasteiger partial charge is 0.328 e. The highest BCUT2D eigenvalue weighted by atomic mass is 32.1. The minimum Gasteiger partial charge on any atom is -0.328 e. The van der Waals surface area contributed by atoms with Crippen LogP contribution in [0.2, 0.25) is 0 Å². The second kappa shape index (κ2) is 4.86. The first-order chi connectivity index (χ1) is 8.74. The summed E-state index contributed by atoms with van der Waals surface area (Å²) in [5.74, 6) is 0. The molecule has 1 saturated heterocycles. The number of aryl methyl sites for hydroxylation is 2. The quantitative estimate of drug-likeness (QED) is 0.920. The fraction of sp³-hybridized carbons (Fsp3) is 0.500. The maximum absolute atomic E-state index is 4.32. The van der Waals surface area contributed by atoms with Crippen LogP contribution < -0.4 is 5.32 Å². The maximum atomic E-state index is 4.32. The predicted octanol–water partition coefficient (Wildman–Crippen LogP) is 3.03. The molecule has 3 rings (SSSR count). The average molecular weight is 261 g/mol. The number of thiophene rings is 1. The van der Waals surface area contributed by atoms with Gasteiger partial charge in [-0.15, -0.1) is 11.3 Å². The van der Waals surface area contributed by atoms with Gasteiger partial charge in [0.1, 0.15) is 0 Å². The van der Waals surface area contributed by atoms with E-state index in [2.05, 4.69) is 34.8 Å². The molecule has 0 unspecified atom stereocenters. The van der Waals surface area contributed by atoms with E-state index in [1.54, 1.807) is 0 Å². The fourth-order valence-electron chi connectivity index (χ4n) is 2.59. The van der Waals surface area contributed by atoms with E-state index >= 15 is 0 Å².